The van der Waals surface area contributed by atoms with Crippen molar-refractivity contribution in [3.05, 3.63) is 48.1 Å². The summed E-state index contributed by atoms with van der Waals surface area (Å²) in [7, 11) is 0. The maximum atomic E-state index is 14.3. The molecule has 4 heterocycles. The first-order valence-corrected chi connectivity index (χ1v) is 12.6. The largest absolute Gasteiger partial charge is 0.444 e. The second kappa shape index (κ2) is 9.66. The average Bonchev–Trinajstić information content (AvgIpc) is 3.51. The Kier molecular flexibility index (Phi) is 6.49. The van der Waals surface area contributed by atoms with Crippen molar-refractivity contribution in [2.24, 2.45) is 5.92 Å². The number of rotatable bonds is 6. The number of pyridine rings is 1. The number of carbonyl (C=O) groups excluding carboxylic acids is 3. The fourth-order valence-electron chi connectivity index (χ4n) is 4.47. The van der Waals surface area contributed by atoms with Crippen LogP contribution in [0.3, 0.4) is 0 Å². The van der Waals surface area contributed by atoms with Gasteiger partial charge in [-0.15, -0.1) is 0 Å². The van der Waals surface area contributed by atoms with Crippen molar-refractivity contribution in [3.63, 3.8) is 0 Å². The zero-order chi connectivity index (χ0) is 27.2. The van der Waals surface area contributed by atoms with E-state index in [0.717, 1.165) is 12.8 Å². The highest BCUT2D eigenvalue weighted by atomic mass is 19.1. The quantitative estimate of drug-likeness (QED) is 0.524. The van der Waals surface area contributed by atoms with Crippen LogP contribution in [0.25, 0.3) is 5.65 Å². The van der Waals surface area contributed by atoms with Crippen molar-refractivity contribution < 1.29 is 23.5 Å². The van der Waals surface area contributed by atoms with Crippen LogP contribution in [0.1, 0.15) is 56.2 Å². The monoisotopic (exact) mass is 523 g/mol. The van der Waals surface area contributed by atoms with E-state index < -0.39 is 23.4 Å². The molecule has 1 saturated carbocycles. The number of nitrogens with zero attached hydrogens (tertiary/aromatic N) is 6. The first-order chi connectivity index (χ1) is 18.0. The van der Waals surface area contributed by atoms with Crippen molar-refractivity contribution >= 4 is 35.1 Å². The van der Waals surface area contributed by atoms with Crippen LogP contribution in [0.5, 0.6) is 0 Å². The Morgan fingerprint density at radius 3 is 2.61 bits per heavy atom. The zero-order valence-corrected chi connectivity index (χ0v) is 21.8. The van der Waals surface area contributed by atoms with Gasteiger partial charge < -0.3 is 19.4 Å². The van der Waals surface area contributed by atoms with Crippen molar-refractivity contribution in [2.75, 3.05) is 23.3 Å². The lowest BCUT2D eigenvalue weighted by atomic mass is 10.1. The Morgan fingerprint density at radius 1 is 1.18 bits per heavy atom. The zero-order valence-electron chi connectivity index (χ0n) is 21.8. The summed E-state index contributed by atoms with van der Waals surface area (Å²) in [5.41, 5.74) is 0.469. The minimum atomic E-state index is -0.612. The van der Waals surface area contributed by atoms with Gasteiger partial charge >= 0.3 is 6.09 Å². The molecule has 2 aliphatic rings. The van der Waals surface area contributed by atoms with Gasteiger partial charge in [-0.3, -0.25) is 14.5 Å². The fraction of sp³-hybridized carbons (Fsp3) is 0.462. The number of aryl methyl sites for hydroxylation is 1. The lowest BCUT2D eigenvalue weighted by Gasteiger charge is -2.29. The molecule has 2 fully saturated rings. The second-order valence-corrected chi connectivity index (χ2v) is 10.7. The molecule has 1 aliphatic heterocycles. The molecule has 1 aliphatic carbocycles. The molecule has 200 valence electrons. The van der Waals surface area contributed by atoms with E-state index in [1.807, 2.05) is 20.8 Å². The van der Waals surface area contributed by atoms with Gasteiger partial charge in [-0.2, -0.15) is 0 Å². The Morgan fingerprint density at radius 2 is 1.95 bits per heavy atom. The Hall–Kier alpha value is -4.09. The van der Waals surface area contributed by atoms with Crippen LogP contribution >= 0.6 is 0 Å². The van der Waals surface area contributed by atoms with Gasteiger partial charge in [0.25, 0.3) is 5.91 Å². The molecule has 0 radical (unpaired) electrons. The first kappa shape index (κ1) is 25.6. The third kappa shape index (κ3) is 5.43. The molecule has 1 N–H and O–H groups in total. The molecule has 3 aromatic heterocycles. The molecule has 1 unspecified atom stereocenters. The molecular formula is C26H30FN7O4. The Balaban J connectivity index is 1.23. The van der Waals surface area contributed by atoms with Crippen LogP contribution in [-0.4, -0.2) is 66.9 Å². The van der Waals surface area contributed by atoms with E-state index in [1.165, 1.54) is 27.8 Å². The normalized spacial score (nSPS) is 17.7. The average molecular weight is 524 g/mol. The molecule has 0 spiro atoms. The van der Waals surface area contributed by atoms with Gasteiger partial charge in [0.2, 0.25) is 5.91 Å². The van der Waals surface area contributed by atoms with Crippen molar-refractivity contribution in [1.29, 1.82) is 0 Å². The molecular weight excluding hydrogens is 493 g/mol. The number of amides is 3. The topological polar surface area (TPSA) is 122 Å². The lowest BCUT2D eigenvalue weighted by molar-refractivity contribution is -0.120. The first-order valence-electron chi connectivity index (χ1n) is 12.6. The third-order valence-corrected chi connectivity index (χ3v) is 6.38. The van der Waals surface area contributed by atoms with Crippen molar-refractivity contribution in [3.8, 4) is 0 Å². The van der Waals surface area contributed by atoms with Crippen LogP contribution in [-0.2, 0) is 9.53 Å². The minimum Gasteiger partial charge on any atom is -0.444 e. The standard InChI is InChI=1S/C26H30FN7O4/c1-15-12-32-14-17(9-19(27)22(32)30-15)31-23(35)20-10-29-21(11-28-20)33-8-7-16(24(33)36)13-34(18-5-6-18)25(37)38-26(2,3)4/h9-12,14,16,18H,5-8,13H2,1-4H3,(H,31,35). The van der Waals surface area contributed by atoms with Crippen molar-refractivity contribution in [2.45, 2.75) is 58.6 Å². The minimum absolute atomic E-state index is 0.0177. The van der Waals surface area contributed by atoms with Crippen LogP contribution in [0.15, 0.2) is 30.9 Å². The molecule has 1 atom stereocenters. The van der Waals surface area contributed by atoms with Gasteiger partial charge in [0.15, 0.2) is 17.3 Å². The number of hydrogen-bond acceptors (Lipinski definition) is 7. The number of hydrogen-bond donors (Lipinski definition) is 1. The van der Waals surface area contributed by atoms with Gasteiger partial charge in [-0.05, 0) is 47.0 Å². The highest BCUT2D eigenvalue weighted by Crippen LogP contribution is 2.32. The van der Waals surface area contributed by atoms with E-state index in [0.29, 0.717) is 31.0 Å². The number of ether oxygens (including phenoxy) is 1. The van der Waals surface area contributed by atoms with E-state index in [9.17, 15) is 18.8 Å². The maximum absolute atomic E-state index is 14.3. The summed E-state index contributed by atoms with van der Waals surface area (Å²) in [6.07, 6.45) is 7.83. The number of imidazole rings is 1. The highest BCUT2D eigenvalue weighted by Gasteiger charge is 2.41. The fourth-order valence-corrected chi connectivity index (χ4v) is 4.47. The lowest BCUT2D eigenvalue weighted by Crippen LogP contribution is -2.42. The van der Waals surface area contributed by atoms with Gasteiger partial charge in [0.05, 0.1) is 29.7 Å². The molecule has 5 rings (SSSR count). The highest BCUT2D eigenvalue weighted by molar-refractivity contribution is 6.03. The number of carbonyl (C=O) groups is 3. The number of nitrogens with one attached hydrogen (secondary N) is 1. The van der Waals surface area contributed by atoms with Gasteiger partial charge in [0, 0.05) is 37.6 Å². The van der Waals surface area contributed by atoms with E-state index in [4.69, 9.17) is 4.74 Å². The second-order valence-electron chi connectivity index (χ2n) is 10.7. The van der Waals surface area contributed by atoms with Gasteiger partial charge in [-0.1, -0.05) is 0 Å². The Bertz CT molecular complexity index is 1400. The summed E-state index contributed by atoms with van der Waals surface area (Å²) in [6, 6.07) is 1.29. The van der Waals surface area contributed by atoms with Gasteiger partial charge in [0.1, 0.15) is 11.3 Å². The summed E-state index contributed by atoms with van der Waals surface area (Å²) < 4.78 is 21.4. The Labute approximate surface area is 219 Å². The van der Waals surface area contributed by atoms with Crippen LogP contribution in [0.2, 0.25) is 0 Å². The molecule has 0 bridgehead atoms. The van der Waals surface area contributed by atoms with Crippen LogP contribution in [0, 0.1) is 18.7 Å². The third-order valence-electron chi connectivity index (χ3n) is 6.38. The number of fused-ring (bicyclic) bond motifs is 1. The molecule has 11 nitrogen and oxygen atoms in total. The maximum Gasteiger partial charge on any atom is 0.410 e. The molecule has 38 heavy (non-hydrogen) atoms. The summed E-state index contributed by atoms with van der Waals surface area (Å²) in [6.45, 7) is 7.93. The molecule has 0 aromatic carbocycles. The van der Waals surface area contributed by atoms with E-state index in [1.54, 1.807) is 24.2 Å². The summed E-state index contributed by atoms with van der Waals surface area (Å²) in [5.74, 6) is -1.32. The van der Waals surface area contributed by atoms with Gasteiger partial charge in [-0.25, -0.2) is 24.1 Å². The van der Waals surface area contributed by atoms with Crippen LogP contribution in [0.4, 0.5) is 20.7 Å². The van der Waals surface area contributed by atoms with E-state index in [2.05, 4.69) is 20.3 Å². The van der Waals surface area contributed by atoms with E-state index in [-0.39, 0.29) is 34.9 Å². The smallest absolute Gasteiger partial charge is 0.410 e. The molecule has 1 saturated heterocycles. The molecule has 3 aromatic rings. The summed E-state index contributed by atoms with van der Waals surface area (Å²) in [5, 5.41) is 2.61. The number of halogens is 1. The van der Waals surface area contributed by atoms with E-state index >= 15 is 0 Å². The number of anilines is 2. The summed E-state index contributed by atoms with van der Waals surface area (Å²) >= 11 is 0. The number of aromatic nitrogens is 4. The SMILES string of the molecule is Cc1cn2cc(NC(=O)c3cnc(N4CCC(CN(C(=O)OC(C)(C)C)C5CC5)C4=O)cn3)cc(F)c2n1. The summed E-state index contributed by atoms with van der Waals surface area (Å²) in [4.78, 5) is 54.3. The molecule has 12 heteroatoms. The predicted octanol–water partition coefficient (Wildman–Crippen LogP) is 3.58. The molecule has 3 amide bonds. The predicted molar refractivity (Wildman–Crippen MR) is 136 cm³/mol. The van der Waals surface area contributed by atoms with Crippen molar-refractivity contribution in [1.82, 2.24) is 24.3 Å². The van der Waals surface area contributed by atoms with Crippen LogP contribution < -0.4 is 10.2 Å².